The Hall–Kier alpha value is -1.71. The molecule has 1 aliphatic heterocycles. The molecule has 116 valence electrons. The first-order chi connectivity index (χ1) is 9.90. The molecule has 8 nitrogen and oxygen atoms in total. The van der Waals surface area contributed by atoms with Crippen molar-refractivity contribution in [3.63, 3.8) is 0 Å². The van der Waals surface area contributed by atoms with Crippen LogP contribution in [0.1, 0.15) is 0 Å². The minimum absolute atomic E-state index is 0.0742. The molecule has 21 heavy (non-hydrogen) atoms. The number of nitrogens with zero attached hydrogens (tertiary/aromatic N) is 3. The number of carbonyl (C=O) groups is 1. The standard InChI is InChI=1S/C12H19N5O3S/c1-21(19,20)17-6-4-16(5-7-17)11-3-2-10(9-14-11)15-12(18)8-13/h2-3,9H,4-8,13H2,1H3,(H,15,18). The van der Waals surface area contributed by atoms with E-state index in [1.165, 1.54) is 10.6 Å². The summed E-state index contributed by atoms with van der Waals surface area (Å²) in [4.78, 5) is 17.5. The summed E-state index contributed by atoms with van der Waals surface area (Å²) in [6, 6.07) is 3.54. The van der Waals surface area contributed by atoms with E-state index in [2.05, 4.69) is 10.3 Å². The lowest BCUT2D eigenvalue weighted by atomic mass is 10.3. The van der Waals surface area contributed by atoms with Crippen LogP contribution in [0.5, 0.6) is 0 Å². The number of nitrogens with two attached hydrogens (primary N) is 1. The normalized spacial score (nSPS) is 16.8. The van der Waals surface area contributed by atoms with Crippen LogP contribution < -0.4 is 16.0 Å². The van der Waals surface area contributed by atoms with Gasteiger partial charge in [0.2, 0.25) is 15.9 Å². The quantitative estimate of drug-likeness (QED) is 0.743. The molecule has 9 heteroatoms. The molecule has 0 aromatic carbocycles. The third kappa shape index (κ3) is 4.13. The summed E-state index contributed by atoms with van der Waals surface area (Å²) >= 11 is 0. The molecule has 1 amide bonds. The van der Waals surface area contributed by atoms with Crippen molar-refractivity contribution in [1.29, 1.82) is 0 Å². The average Bonchev–Trinajstić information content (AvgIpc) is 2.47. The molecule has 0 aliphatic carbocycles. The number of rotatable bonds is 4. The van der Waals surface area contributed by atoms with Gasteiger partial charge in [0.05, 0.1) is 24.7 Å². The zero-order valence-corrected chi connectivity index (χ0v) is 12.6. The van der Waals surface area contributed by atoms with E-state index in [1.807, 2.05) is 4.90 Å². The van der Waals surface area contributed by atoms with Gasteiger partial charge in [-0.1, -0.05) is 0 Å². The fourth-order valence-electron chi connectivity index (χ4n) is 2.11. The van der Waals surface area contributed by atoms with Crippen LogP contribution >= 0.6 is 0 Å². The molecule has 1 fully saturated rings. The molecule has 2 heterocycles. The maximum Gasteiger partial charge on any atom is 0.238 e. The van der Waals surface area contributed by atoms with Gasteiger partial charge < -0.3 is 16.0 Å². The first kappa shape index (κ1) is 15.7. The van der Waals surface area contributed by atoms with Crippen molar-refractivity contribution in [1.82, 2.24) is 9.29 Å². The Bertz CT molecular complexity index is 594. The lowest BCUT2D eigenvalue weighted by molar-refractivity contribution is -0.114. The summed E-state index contributed by atoms with van der Waals surface area (Å²) in [7, 11) is -3.13. The molecular weight excluding hydrogens is 294 g/mol. The number of piperazine rings is 1. The van der Waals surface area contributed by atoms with Gasteiger partial charge in [-0.3, -0.25) is 4.79 Å². The molecule has 1 aliphatic rings. The molecule has 0 radical (unpaired) electrons. The highest BCUT2D eigenvalue weighted by Gasteiger charge is 2.23. The van der Waals surface area contributed by atoms with E-state index >= 15 is 0 Å². The second-order valence-corrected chi connectivity index (χ2v) is 6.79. The van der Waals surface area contributed by atoms with Crippen molar-refractivity contribution in [3.8, 4) is 0 Å². The summed E-state index contributed by atoms with van der Waals surface area (Å²) in [5.74, 6) is 0.486. The summed E-state index contributed by atoms with van der Waals surface area (Å²) in [6.45, 7) is 2.01. The smallest absolute Gasteiger partial charge is 0.238 e. The molecule has 3 N–H and O–H groups in total. The molecular formula is C12H19N5O3S. The van der Waals surface area contributed by atoms with Crippen LogP contribution in [0.15, 0.2) is 18.3 Å². The first-order valence-corrected chi connectivity index (χ1v) is 8.41. The molecule has 0 atom stereocenters. The lowest BCUT2D eigenvalue weighted by Crippen LogP contribution is -2.48. The van der Waals surface area contributed by atoms with Gasteiger partial charge >= 0.3 is 0 Å². The third-order valence-electron chi connectivity index (χ3n) is 3.25. The van der Waals surface area contributed by atoms with Crippen LogP contribution in [-0.4, -0.2) is 62.6 Å². The monoisotopic (exact) mass is 313 g/mol. The second-order valence-electron chi connectivity index (χ2n) is 4.81. The molecule has 0 saturated carbocycles. The van der Waals surface area contributed by atoms with Crippen molar-refractivity contribution < 1.29 is 13.2 Å². The van der Waals surface area contributed by atoms with Gasteiger partial charge in [-0.05, 0) is 12.1 Å². The van der Waals surface area contributed by atoms with Gasteiger partial charge in [0.1, 0.15) is 5.82 Å². The number of aromatic nitrogens is 1. The van der Waals surface area contributed by atoms with Gasteiger partial charge in [0.15, 0.2) is 0 Å². The van der Waals surface area contributed by atoms with Gasteiger partial charge in [0, 0.05) is 26.2 Å². The second kappa shape index (κ2) is 6.37. The maximum absolute atomic E-state index is 11.4. The Morgan fingerprint density at radius 1 is 1.33 bits per heavy atom. The zero-order valence-electron chi connectivity index (χ0n) is 11.8. The van der Waals surface area contributed by atoms with Crippen LogP contribution in [0.3, 0.4) is 0 Å². The molecule has 2 rings (SSSR count). The van der Waals surface area contributed by atoms with Crippen molar-refractivity contribution >= 4 is 27.4 Å². The van der Waals surface area contributed by atoms with Crippen molar-refractivity contribution in [2.75, 3.05) is 49.2 Å². The van der Waals surface area contributed by atoms with E-state index in [4.69, 9.17) is 5.73 Å². The maximum atomic E-state index is 11.4. The van der Waals surface area contributed by atoms with Crippen LogP contribution in [0, 0.1) is 0 Å². The van der Waals surface area contributed by atoms with Crippen molar-refractivity contribution in [2.45, 2.75) is 0 Å². The number of hydrogen-bond donors (Lipinski definition) is 2. The van der Waals surface area contributed by atoms with Crippen molar-refractivity contribution in [3.05, 3.63) is 18.3 Å². The fourth-order valence-corrected chi connectivity index (χ4v) is 2.93. The molecule has 1 aromatic rings. The van der Waals surface area contributed by atoms with Crippen LogP contribution in [0.2, 0.25) is 0 Å². The zero-order chi connectivity index (χ0) is 15.5. The minimum atomic E-state index is -3.13. The molecule has 0 bridgehead atoms. The Morgan fingerprint density at radius 2 is 2.00 bits per heavy atom. The highest BCUT2D eigenvalue weighted by molar-refractivity contribution is 7.88. The topological polar surface area (TPSA) is 109 Å². The van der Waals surface area contributed by atoms with E-state index in [0.717, 1.165) is 5.82 Å². The molecule has 0 spiro atoms. The average molecular weight is 313 g/mol. The van der Waals surface area contributed by atoms with Gasteiger partial charge in [-0.15, -0.1) is 0 Å². The van der Waals surface area contributed by atoms with E-state index in [9.17, 15) is 13.2 Å². The summed E-state index contributed by atoms with van der Waals surface area (Å²) in [5.41, 5.74) is 5.81. The Morgan fingerprint density at radius 3 is 2.48 bits per heavy atom. The number of anilines is 2. The lowest BCUT2D eigenvalue weighted by Gasteiger charge is -2.33. The Balaban J connectivity index is 1.96. The Labute approximate surface area is 124 Å². The number of carbonyl (C=O) groups excluding carboxylic acids is 1. The molecule has 1 aromatic heterocycles. The number of hydrogen-bond acceptors (Lipinski definition) is 6. The summed E-state index contributed by atoms with van der Waals surface area (Å²) in [6.07, 6.45) is 2.78. The number of sulfonamides is 1. The number of nitrogens with one attached hydrogen (secondary N) is 1. The van der Waals surface area contributed by atoms with Crippen LogP contribution in [0.25, 0.3) is 0 Å². The molecule has 0 unspecified atom stereocenters. The fraction of sp³-hybridized carbons (Fsp3) is 0.500. The largest absolute Gasteiger partial charge is 0.354 e. The van der Waals surface area contributed by atoms with Gasteiger partial charge in [0.25, 0.3) is 0 Å². The SMILES string of the molecule is CS(=O)(=O)N1CCN(c2ccc(NC(=O)CN)cn2)CC1. The third-order valence-corrected chi connectivity index (χ3v) is 4.55. The highest BCUT2D eigenvalue weighted by Crippen LogP contribution is 2.17. The minimum Gasteiger partial charge on any atom is -0.354 e. The van der Waals surface area contributed by atoms with E-state index in [1.54, 1.807) is 18.3 Å². The number of amides is 1. The number of pyridine rings is 1. The van der Waals surface area contributed by atoms with Crippen molar-refractivity contribution in [2.24, 2.45) is 5.73 Å². The predicted molar refractivity (Wildman–Crippen MR) is 80.6 cm³/mol. The van der Waals surface area contributed by atoms with Crippen LogP contribution in [-0.2, 0) is 14.8 Å². The van der Waals surface area contributed by atoms with E-state index in [0.29, 0.717) is 31.9 Å². The van der Waals surface area contributed by atoms with E-state index < -0.39 is 10.0 Å². The highest BCUT2D eigenvalue weighted by atomic mass is 32.2. The van der Waals surface area contributed by atoms with Gasteiger partial charge in [-0.25, -0.2) is 13.4 Å². The summed E-state index contributed by atoms with van der Waals surface area (Å²) < 4.78 is 24.4. The molecule has 1 saturated heterocycles. The van der Waals surface area contributed by atoms with E-state index in [-0.39, 0.29) is 12.5 Å². The van der Waals surface area contributed by atoms with Crippen LogP contribution in [0.4, 0.5) is 11.5 Å². The van der Waals surface area contributed by atoms with Gasteiger partial charge in [-0.2, -0.15) is 4.31 Å². The first-order valence-electron chi connectivity index (χ1n) is 6.56. The predicted octanol–water partition coefficient (Wildman–Crippen LogP) is -0.940. The Kier molecular flexibility index (Phi) is 4.76. The summed E-state index contributed by atoms with van der Waals surface area (Å²) in [5, 5.41) is 2.62.